The third kappa shape index (κ3) is 3.79. The van der Waals surface area contributed by atoms with Crippen molar-refractivity contribution >= 4 is 52.1 Å². The van der Waals surface area contributed by atoms with E-state index in [1.165, 1.54) is 0 Å². The summed E-state index contributed by atoms with van der Waals surface area (Å²) in [5, 5.41) is 6.91. The minimum atomic E-state index is -0.431. The number of nitrogens with one attached hydrogen (secondary N) is 2. The van der Waals surface area contributed by atoms with Crippen molar-refractivity contribution in [3.63, 3.8) is 0 Å². The van der Waals surface area contributed by atoms with Crippen molar-refractivity contribution in [2.75, 3.05) is 11.9 Å². The number of likely N-dealkylation sites (N-methyl/N-ethyl adjacent to an activating group) is 1. The van der Waals surface area contributed by atoms with Gasteiger partial charge in [-0.1, -0.05) is 29.8 Å². The number of anilines is 1. The van der Waals surface area contributed by atoms with Gasteiger partial charge in [0.05, 0.1) is 0 Å². The number of carbonyl (C=O) groups is 3. The molecule has 1 aliphatic rings. The molecule has 8 heteroatoms. The minimum absolute atomic E-state index is 0.0910. The molecule has 1 saturated heterocycles. The van der Waals surface area contributed by atoms with Crippen molar-refractivity contribution in [3.05, 3.63) is 71.0 Å². The van der Waals surface area contributed by atoms with Gasteiger partial charge in [0, 0.05) is 39.9 Å². The molecule has 4 rings (SSSR count). The fourth-order valence-electron chi connectivity index (χ4n) is 3.42. The van der Waals surface area contributed by atoms with Gasteiger partial charge in [0.25, 0.3) is 5.91 Å². The van der Waals surface area contributed by atoms with E-state index in [4.69, 9.17) is 11.6 Å². The number of imide groups is 1. The molecule has 0 unspecified atom stereocenters. The number of rotatable bonds is 5. The van der Waals surface area contributed by atoms with E-state index < -0.39 is 6.03 Å². The molecule has 7 nitrogen and oxygen atoms in total. The van der Waals surface area contributed by atoms with E-state index in [1.54, 1.807) is 43.5 Å². The maximum absolute atomic E-state index is 12.5. The molecule has 0 radical (unpaired) electrons. The number of halogens is 1. The monoisotopic (exact) mass is 422 g/mol. The van der Waals surface area contributed by atoms with Gasteiger partial charge in [0.15, 0.2) is 0 Å². The van der Waals surface area contributed by atoms with Crippen molar-refractivity contribution in [1.29, 1.82) is 0 Å². The van der Waals surface area contributed by atoms with Crippen LogP contribution in [0.5, 0.6) is 0 Å². The third-order valence-electron chi connectivity index (χ3n) is 4.84. The van der Waals surface area contributed by atoms with Gasteiger partial charge in [0.1, 0.15) is 12.2 Å². The predicted octanol–water partition coefficient (Wildman–Crippen LogP) is 3.85. The van der Waals surface area contributed by atoms with Crippen LogP contribution in [-0.4, -0.2) is 33.9 Å². The number of nitrogens with zero attached hydrogens (tertiary/aromatic N) is 2. The second kappa shape index (κ2) is 8.04. The zero-order chi connectivity index (χ0) is 21.3. The lowest BCUT2D eigenvalue weighted by Gasteiger charge is -2.07. The Labute approximate surface area is 177 Å². The number of hydrogen-bond donors (Lipinski definition) is 2. The predicted molar refractivity (Wildman–Crippen MR) is 116 cm³/mol. The van der Waals surface area contributed by atoms with Gasteiger partial charge < -0.3 is 15.2 Å². The lowest BCUT2D eigenvalue weighted by molar-refractivity contribution is -0.122. The van der Waals surface area contributed by atoms with Crippen LogP contribution in [0.2, 0.25) is 5.02 Å². The second-order valence-corrected chi connectivity index (χ2v) is 7.26. The van der Waals surface area contributed by atoms with E-state index in [-0.39, 0.29) is 24.1 Å². The van der Waals surface area contributed by atoms with E-state index in [0.29, 0.717) is 17.3 Å². The highest BCUT2D eigenvalue weighted by molar-refractivity contribution is 6.30. The first-order valence-electron chi connectivity index (χ1n) is 9.44. The van der Waals surface area contributed by atoms with Gasteiger partial charge in [-0.2, -0.15) is 0 Å². The highest BCUT2D eigenvalue weighted by Crippen LogP contribution is 2.25. The third-order valence-corrected chi connectivity index (χ3v) is 5.09. The zero-order valence-electron chi connectivity index (χ0n) is 16.2. The molecule has 0 spiro atoms. The first kappa shape index (κ1) is 19.7. The molecule has 152 valence electrons. The molecule has 0 aliphatic carbocycles. The highest BCUT2D eigenvalue weighted by Gasteiger charge is 2.32. The minimum Gasteiger partial charge on any atom is -0.337 e. The number of para-hydroxylation sites is 1. The quantitative estimate of drug-likeness (QED) is 0.484. The van der Waals surface area contributed by atoms with Crippen LogP contribution in [0.1, 0.15) is 12.5 Å². The van der Waals surface area contributed by atoms with E-state index in [2.05, 4.69) is 10.6 Å². The molecular formula is C22H19ClN4O3. The number of hydrogen-bond acceptors (Lipinski definition) is 3. The largest absolute Gasteiger partial charge is 0.337 e. The summed E-state index contributed by atoms with van der Waals surface area (Å²) in [6.45, 7) is 2.13. The molecule has 4 amide bonds. The zero-order valence-corrected chi connectivity index (χ0v) is 16.9. The molecule has 0 bridgehead atoms. The van der Waals surface area contributed by atoms with Crippen LogP contribution in [0, 0.1) is 0 Å². The summed E-state index contributed by atoms with van der Waals surface area (Å²) in [6, 6.07) is 14.0. The molecule has 1 aromatic heterocycles. The summed E-state index contributed by atoms with van der Waals surface area (Å²) in [5.41, 5.74) is 2.46. The molecule has 30 heavy (non-hydrogen) atoms. The smallest absolute Gasteiger partial charge is 0.328 e. The first-order valence-corrected chi connectivity index (χ1v) is 9.82. The second-order valence-electron chi connectivity index (χ2n) is 6.82. The van der Waals surface area contributed by atoms with Gasteiger partial charge in [0.2, 0.25) is 5.91 Å². The Kier molecular flexibility index (Phi) is 5.29. The van der Waals surface area contributed by atoms with E-state index in [9.17, 15) is 14.4 Å². The fraction of sp³-hybridized carbons (Fsp3) is 0.136. The first-order chi connectivity index (χ1) is 14.5. The summed E-state index contributed by atoms with van der Waals surface area (Å²) >= 11 is 5.88. The van der Waals surface area contributed by atoms with Crippen molar-refractivity contribution in [3.8, 4) is 0 Å². The summed E-state index contributed by atoms with van der Waals surface area (Å²) in [5.74, 6) is -0.556. The number of carbonyl (C=O) groups excluding carboxylic acids is 3. The van der Waals surface area contributed by atoms with Gasteiger partial charge in [-0.15, -0.1) is 0 Å². The average Bonchev–Trinajstić information content (AvgIpc) is 3.20. The molecule has 0 atom stereocenters. The van der Waals surface area contributed by atoms with Gasteiger partial charge >= 0.3 is 6.03 Å². The average molecular weight is 423 g/mol. The van der Waals surface area contributed by atoms with Crippen LogP contribution in [0.4, 0.5) is 10.5 Å². The van der Waals surface area contributed by atoms with Crippen LogP contribution < -0.4 is 10.6 Å². The lowest BCUT2D eigenvalue weighted by atomic mass is 10.1. The summed E-state index contributed by atoms with van der Waals surface area (Å²) in [4.78, 5) is 38.0. The summed E-state index contributed by atoms with van der Waals surface area (Å²) in [6.07, 6.45) is 3.44. The molecule has 2 N–H and O–H groups in total. The molecule has 1 aliphatic heterocycles. The lowest BCUT2D eigenvalue weighted by Crippen LogP contribution is -2.30. The highest BCUT2D eigenvalue weighted by atomic mass is 35.5. The Morgan fingerprint density at radius 2 is 1.87 bits per heavy atom. The summed E-state index contributed by atoms with van der Waals surface area (Å²) in [7, 11) is 0. The van der Waals surface area contributed by atoms with Gasteiger partial charge in [-0.05, 0) is 43.3 Å². The molecule has 2 aromatic carbocycles. The van der Waals surface area contributed by atoms with Crippen LogP contribution in [0.15, 0.2) is 60.4 Å². The van der Waals surface area contributed by atoms with Crippen molar-refractivity contribution in [2.45, 2.75) is 13.5 Å². The fourth-order valence-corrected chi connectivity index (χ4v) is 3.55. The Hall–Kier alpha value is -3.58. The Morgan fingerprint density at radius 1 is 1.13 bits per heavy atom. The SMILES string of the molecule is CCN1C(=O)N/C(=C/c2cn(CC(=O)Nc3ccc(Cl)cc3)c3ccccc23)C1=O. The van der Waals surface area contributed by atoms with Crippen LogP contribution in [0.3, 0.4) is 0 Å². The van der Waals surface area contributed by atoms with E-state index in [1.807, 2.05) is 28.8 Å². The molecular weight excluding hydrogens is 404 g/mol. The van der Waals surface area contributed by atoms with E-state index in [0.717, 1.165) is 21.4 Å². The Bertz CT molecular complexity index is 1180. The maximum Gasteiger partial charge on any atom is 0.328 e. The van der Waals surface area contributed by atoms with Crippen molar-refractivity contribution < 1.29 is 14.4 Å². The van der Waals surface area contributed by atoms with Crippen LogP contribution in [0.25, 0.3) is 17.0 Å². The van der Waals surface area contributed by atoms with Crippen molar-refractivity contribution in [2.24, 2.45) is 0 Å². The van der Waals surface area contributed by atoms with E-state index >= 15 is 0 Å². The standard InChI is InChI=1S/C22H19ClN4O3/c1-2-27-21(29)18(25-22(27)30)11-14-12-26(19-6-4-3-5-17(14)19)13-20(28)24-16-9-7-15(23)8-10-16/h3-12H,2,13H2,1H3,(H,24,28)(H,25,30)/b18-11+. The maximum atomic E-state index is 12.5. The van der Waals surface area contributed by atoms with Crippen LogP contribution in [-0.2, 0) is 16.1 Å². The number of amides is 4. The number of urea groups is 1. The molecule has 2 heterocycles. The Balaban J connectivity index is 1.62. The number of fused-ring (bicyclic) bond motifs is 1. The van der Waals surface area contributed by atoms with Crippen LogP contribution >= 0.6 is 11.6 Å². The normalized spacial score (nSPS) is 15.1. The topological polar surface area (TPSA) is 83.4 Å². The molecule has 0 saturated carbocycles. The van der Waals surface area contributed by atoms with Gasteiger partial charge in [-0.25, -0.2) is 4.79 Å². The van der Waals surface area contributed by atoms with Crippen molar-refractivity contribution in [1.82, 2.24) is 14.8 Å². The number of benzene rings is 2. The summed E-state index contributed by atoms with van der Waals surface area (Å²) < 4.78 is 1.81. The Morgan fingerprint density at radius 3 is 2.57 bits per heavy atom. The van der Waals surface area contributed by atoms with Gasteiger partial charge in [-0.3, -0.25) is 14.5 Å². The number of aromatic nitrogens is 1. The molecule has 1 fully saturated rings. The molecule has 3 aromatic rings.